The molecule has 0 aliphatic heterocycles. The summed E-state index contributed by atoms with van der Waals surface area (Å²) in [5.41, 5.74) is 5.75. The van der Waals surface area contributed by atoms with E-state index in [4.69, 9.17) is 17.3 Å². The normalized spacial score (nSPS) is 20.8. The lowest BCUT2D eigenvalue weighted by Gasteiger charge is -2.31. The van der Waals surface area contributed by atoms with Crippen molar-refractivity contribution < 1.29 is 9.72 Å². The molecule has 2 atom stereocenters. The van der Waals surface area contributed by atoms with Crippen molar-refractivity contribution in [3.63, 3.8) is 0 Å². The maximum atomic E-state index is 12.3. The van der Waals surface area contributed by atoms with Crippen molar-refractivity contribution in [1.29, 1.82) is 0 Å². The molecule has 0 aromatic heterocycles. The number of benzene rings is 1. The van der Waals surface area contributed by atoms with Gasteiger partial charge in [-0.2, -0.15) is 0 Å². The van der Waals surface area contributed by atoms with Crippen LogP contribution in [-0.4, -0.2) is 23.4 Å². The highest BCUT2D eigenvalue weighted by Crippen LogP contribution is 2.25. The first-order valence-corrected chi connectivity index (χ1v) is 7.35. The first-order chi connectivity index (χ1) is 10.0. The number of halogens is 2. The van der Waals surface area contributed by atoms with Crippen LogP contribution in [0.5, 0.6) is 0 Å². The minimum absolute atomic E-state index is 0. The molecule has 1 amide bonds. The van der Waals surface area contributed by atoms with Crippen molar-refractivity contribution in [2.45, 2.75) is 31.7 Å². The molecule has 0 bridgehead atoms. The average Bonchev–Trinajstić information content (AvgIpc) is 2.47. The standard InChI is InChI=1S/C14H18ClN3O3.ClH/c15-11-5-10(6-12(7-11)18(20)21)14(19)17-13-4-2-1-3-9(13)8-16;/h5-7,9,13H,1-4,8,16H2,(H,17,19);1H. The molecule has 6 nitrogen and oxygen atoms in total. The van der Waals surface area contributed by atoms with Gasteiger partial charge in [-0.3, -0.25) is 14.9 Å². The smallest absolute Gasteiger partial charge is 0.271 e. The second kappa shape index (κ2) is 8.31. The molecule has 3 N–H and O–H groups in total. The first-order valence-electron chi connectivity index (χ1n) is 6.97. The molecule has 1 aromatic carbocycles. The van der Waals surface area contributed by atoms with E-state index in [1.54, 1.807) is 0 Å². The number of hydrogen-bond donors (Lipinski definition) is 2. The molecule has 0 radical (unpaired) electrons. The number of carbonyl (C=O) groups is 1. The molecule has 2 unspecified atom stereocenters. The molecule has 0 spiro atoms. The van der Waals surface area contributed by atoms with Gasteiger partial charge in [0.15, 0.2) is 0 Å². The van der Waals surface area contributed by atoms with Crippen LogP contribution in [-0.2, 0) is 0 Å². The zero-order valence-corrected chi connectivity index (χ0v) is 13.5. The molecule has 2 rings (SSSR count). The Labute approximate surface area is 140 Å². The van der Waals surface area contributed by atoms with Crippen molar-refractivity contribution in [2.24, 2.45) is 11.7 Å². The number of hydrogen-bond acceptors (Lipinski definition) is 4. The highest BCUT2D eigenvalue weighted by molar-refractivity contribution is 6.31. The van der Waals surface area contributed by atoms with Crippen molar-refractivity contribution in [3.8, 4) is 0 Å². The van der Waals surface area contributed by atoms with Gasteiger partial charge in [0.05, 0.1) is 4.92 Å². The molecule has 0 saturated heterocycles. The van der Waals surface area contributed by atoms with Gasteiger partial charge in [0.25, 0.3) is 11.6 Å². The van der Waals surface area contributed by atoms with Crippen LogP contribution >= 0.6 is 24.0 Å². The van der Waals surface area contributed by atoms with E-state index in [-0.39, 0.29) is 46.5 Å². The Kier molecular flexibility index (Phi) is 7.06. The Morgan fingerprint density at radius 3 is 2.68 bits per heavy atom. The van der Waals surface area contributed by atoms with Gasteiger partial charge >= 0.3 is 0 Å². The predicted octanol–water partition coefficient (Wildman–Crippen LogP) is 2.92. The Balaban J connectivity index is 0.00000242. The van der Waals surface area contributed by atoms with E-state index in [0.717, 1.165) is 25.7 Å². The van der Waals surface area contributed by atoms with Gasteiger partial charge in [-0.15, -0.1) is 12.4 Å². The fourth-order valence-electron chi connectivity index (χ4n) is 2.74. The van der Waals surface area contributed by atoms with Crippen molar-refractivity contribution in [3.05, 3.63) is 38.9 Å². The highest BCUT2D eigenvalue weighted by Gasteiger charge is 2.26. The largest absolute Gasteiger partial charge is 0.349 e. The molecule has 1 fully saturated rings. The van der Waals surface area contributed by atoms with Crippen molar-refractivity contribution in [2.75, 3.05) is 6.54 Å². The second-order valence-electron chi connectivity index (χ2n) is 5.32. The van der Waals surface area contributed by atoms with Crippen LogP contribution in [0, 0.1) is 16.0 Å². The third-order valence-corrected chi connectivity index (χ3v) is 4.10. The lowest BCUT2D eigenvalue weighted by molar-refractivity contribution is -0.384. The molecule has 22 heavy (non-hydrogen) atoms. The lowest BCUT2D eigenvalue weighted by atomic mass is 9.84. The molecular formula is C14H19Cl2N3O3. The van der Waals surface area contributed by atoms with Crippen LogP contribution in [0.1, 0.15) is 36.0 Å². The van der Waals surface area contributed by atoms with Crippen molar-refractivity contribution >= 4 is 35.6 Å². The summed E-state index contributed by atoms with van der Waals surface area (Å²) in [5, 5.41) is 13.9. The summed E-state index contributed by atoms with van der Waals surface area (Å²) >= 11 is 5.83. The summed E-state index contributed by atoms with van der Waals surface area (Å²) in [6.07, 6.45) is 4.06. The molecule has 1 aliphatic rings. The zero-order valence-electron chi connectivity index (χ0n) is 12.0. The van der Waals surface area contributed by atoms with E-state index < -0.39 is 4.92 Å². The van der Waals surface area contributed by atoms with Crippen LogP contribution in [0.25, 0.3) is 0 Å². The average molecular weight is 348 g/mol. The summed E-state index contributed by atoms with van der Waals surface area (Å²) in [6, 6.07) is 3.92. The maximum Gasteiger partial charge on any atom is 0.271 e. The SMILES string of the molecule is Cl.NCC1CCCCC1NC(=O)c1cc(Cl)cc([N+](=O)[O-])c1. The van der Waals surface area contributed by atoms with Crippen LogP contribution in [0.3, 0.4) is 0 Å². The summed E-state index contributed by atoms with van der Waals surface area (Å²) in [5.74, 6) is -0.0807. The quantitative estimate of drug-likeness (QED) is 0.646. The van der Waals surface area contributed by atoms with E-state index in [1.807, 2.05) is 0 Å². The summed E-state index contributed by atoms with van der Waals surface area (Å²) in [4.78, 5) is 22.5. The van der Waals surface area contributed by atoms with Crippen LogP contribution in [0.4, 0.5) is 5.69 Å². The van der Waals surface area contributed by atoms with E-state index in [9.17, 15) is 14.9 Å². The molecule has 0 heterocycles. The third-order valence-electron chi connectivity index (χ3n) is 3.88. The van der Waals surface area contributed by atoms with Crippen LogP contribution in [0.15, 0.2) is 18.2 Å². The Morgan fingerprint density at radius 1 is 1.36 bits per heavy atom. The fourth-order valence-corrected chi connectivity index (χ4v) is 2.97. The highest BCUT2D eigenvalue weighted by atomic mass is 35.5. The molecule has 1 saturated carbocycles. The summed E-state index contributed by atoms with van der Waals surface area (Å²) in [7, 11) is 0. The minimum Gasteiger partial charge on any atom is -0.349 e. The minimum atomic E-state index is -0.564. The lowest BCUT2D eigenvalue weighted by Crippen LogP contribution is -2.44. The van der Waals surface area contributed by atoms with Gasteiger partial charge in [-0.25, -0.2) is 0 Å². The number of nitro benzene ring substituents is 1. The van der Waals surface area contributed by atoms with E-state index in [2.05, 4.69) is 5.32 Å². The Hall–Kier alpha value is -1.37. The maximum absolute atomic E-state index is 12.3. The van der Waals surface area contributed by atoms with Crippen molar-refractivity contribution in [1.82, 2.24) is 5.32 Å². The van der Waals surface area contributed by atoms with Gasteiger partial charge in [0.2, 0.25) is 0 Å². The fraction of sp³-hybridized carbons (Fsp3) is 0.500. The van der Waals surface area contributed by atoms with E-state index in [0.29, 0.717) is 6.54 Å². The van der Waals surface area contributed by atoms with E-state index in [1.165, 1.54) is 18.2 Å². The molecule has 1 aliphatic carbocycles. The number of nitrogens with one attached hydrogen (secondary N) is 1. The predicted molar refractivity (Wildman–Crippen MR) is 87.6 cm³/mol. The van der Waals surface area contributed by atoms with Gasteiger partial charge in [-0.05, 0) is 31.4 Å². The van der Waals surface area contributed by atoms with Gasteiger partial charge in [-0.1, -0.05) is 24.4 Å². The van der Waals surface area contributed by atoms with E-state index >= 15 is 0 Å². The molecule has 122 valence electrons. The van der Waals surface area contributed by atoms with Crippen LogP contribution < -0.4 is 11.1 Å². The number of nitro groups is 1. The third kappa shape index (κ3) is 4.56. The number of amides is 1. The Bertz CT molecular complexity index is 554. The Morgan fingerprint density at radius 2 is 2.05 bits per heavy atom. The molecular weight excluding hydrogens is 329 g/mol. The zero-order chi connectivity index (χ0) is 15.4. The first kappa shape index (κ1) is 18.7. The summed E-state index contributed by atoms with van der Waals surface area (Å²) < 4.78 is 0. The number of rotatable bonds is 4. The molecule has 1 aromatic rings. The summed E-state index contributed by atoms with van der Waals surface area (Å²) in [6.45, 7) is 0.528. The van der Waals surface area contributed by atoms with Crippen LogP contribution in [0.2, 0.25) is 5.02 Å². The monoisotopic (exact) mass is 347 g/mol. The number of nitrogens with zero attached hydrogens (tertiary/aromatic N) is 1. The second-order valence-corrected chi connectivity index (χ2v) is 5.75. The topological polar surface area (TPSA) is 98.3 Å². The molecule has 8 heteroatoms. The number of non-ortho nitro benzene ring substituents is 1. The van der Waals surface area contributed by atoms with Gasteiger partial charge in [0, 0.05) is 28.8 Å². The van der Waals surface area contributed by atoms with Gasteiger partial charge < -0.3 is 11.1 Å². The number of nitrogens with two attached hydrogens (primary N) is 1. The van der Waals surface area contributed by atoms with Gasteiger partial charge in [0.1, 0.15) is 0 Å². The number of carbonyl (C=O) groups excluding carboxylic acids is 1.